The highest BCUT2D eigenvalue weighted by molar-refractivity contribution is 6.42. The highest BCUT2D eigenvalue weighted by Crippen LogP contribution is 2.23. The summed E-state index contributed by atoms with van der Waals surface area (Å²) in [5.41, 5.74) is 6.16. The van der Waals surface area contributed by atoms with E-state index < -0.39 is 36.6 Å². The van der Waals surface area contributed by atoms with E-state index in [1.807, 2.05) is 0 Å². The minimum atomic E-state index is -1.28. The summed E-state index contributed by atoms with van der Waals surface area (Å²) in [4.78, 5) is 12.1. The maximum absolute atomic E-state index is 12.1. The molecule has 5 N–H and O–H groups in total. The smallest absolute Gasteiger partial charge is 0.244 e. The summed E-state index contributed by atoms with van der Waals surface area (Å²) in [5.74, 6) is -0.501. The van der Waals surface area contributed by atoms with Crippen LogP contribution in [0.5, 0.6) is 0 Å². The van der Waals surface area contributed by atoms with Crippen molar-refractivity contribution in [1.29, 1.82) is 0 Å². The van der Waals surface area contributed by atoms with Gasteiger partial charge in [-0.2, -0.15) is 0 Å². The van der Waals surface area contributed by atoms with E-state index in [0.717, 1.165) is 0 Å². The van der Waals surface area contributed by atoms with Gasteiger partial charge in [0.2, 0.25) is 5.91 Å². The first kappa shape index (κ1) is 20.1. The maximum atomic E-state index is 12.1. The molecule has 1 aromatic rings. The normalized spacial score (nSPS) is 29.8. The Labute approximate surface area is 155 Å². The summed E-state index contributed by atoms with van der Waals surface area (Å²) in [6.45, 7) is 0.00990. The molecule has 0 radical (unpaired) electrons. The SMILES string of the molecule is CO[C@H]1O[C@H](CN)[C@@H](O)[C@H](O)[C@H]1NC(=O)/C=C/c1ccc(Cl)c(Cl)c1. The van der Waals surface area contributed by atoms with Gasteiger partial charge in [0, 0.05) is 19.7 Å². The largest absolute Gasteiger partial charge is 0.388 e. The van der Waals surface area contributed by atoms with Gasteiger partial charge in [-0.15, -0.1) is 0 Å². The highest BCUT2D eigenvalue weighted by atomic mass is 35.5. The monoisotopic (exact) mass is 390 g/mol. The molecule has 1 aliphatic rings. The molecule has 0 spiro atoms. The zero-order valence-corrected chi connectivity index (χ0v) is 14.9. The van der Waals surface area contributed by atoms with E-state index in [1.54, 1.807) is 18.2 Å². The number of methoxy groups -OCH3 is 1. The highest BCUT2D eigenvalue weighted by Gasteiger charge is 2.44. The van der Waals surface area contributed by atoms with E-state index in [-0.39, 0.29) is 6.54 Å². The molecule has 9 heteroatoms. The molecule has 1 fully saturated rings. The van der Waals surface area contributed by atoms with Gasteiger partial charge in [-0.05, 0) is 23.8 Å². The number of carbonyl (C=O) groups excluding carboxylic acids is 1. The number of nitrogens with two attached hydrogens (primary N) is 1. The van der Waals surface area contributed by atoms with Crippen molar-refractivity contribution >= 4 is 35.2 Å². The minimum Gasteiger partial charge on any atom is -0.388 e. The molecule has 0 aliphatic carbocycles. The predicted octanol–water partition coefficient (Wildman–Crippen LogP) is 0.543. The molecule has 1 aliphatic heterocycles. The van der Waals surface area contributed by atoms with E-state index in [9.17, 15) is 15.0 Å². The molecule has 1 saturated heterocycles. The average Bonchev–Trinajstić information content (AvgIpc) is 2.60. The number of hydrogen-bond donors (Lipinski definition) is 4. The molecule has 0 saturated carbocycles. The Kier molecular flexibility index (Phi) is 7.21. The van der Waals surface area contributed by atoms with Gasteiger partial charge in [-0.1, -0.05) is 29.3 Å². The van der Waals surface area contributed by atoms with E-state index >= 15 is 0 Å². The number of halogens is 2. The van der Waals surface area contributed by atoms with Gasteiger partial charge in [0.15, 0.2) is 6.29 Å². The number of hydrogen-bond acceptors (Lipinski definition) is 6. The molecule has 5 atom stereocenters. The number of aliphatic hydroxyl groups is 2. The Bertz CT molecular complexity index is 641. The fraction of sp³-hybridized carbons (Fsp3) is 0.438. The van der Waals surface area contributed by atoms with Crippen molar-refractivity contribution in [2.75, 3.05) is 13.7 Å². The van der Waals surface area contributed by atoms with Gasteiger partial charge in [0.05, 0.1) is 10.0 Å². The Morgan fingerprint density at radius 1 is 1.36 bits per heavy atom. The van der Waals surface area contributed by atoms with Crippen LogP contribution in [0, 0.1) is 0 Å². The number of benzene rings is 1. The van der Waals surface area contributed by atoms with Crippen LogP contribution in [0.4, 0.5) is 0 Å². The number of amides is 1. The van der Waals surface area contributed by atoms with E-state index in [0.29, 0.717) is 15.6 Å². The molecular formula is C16H20Cl2N2O5. The van der Waals surface area contributed by atoms with Crippen molar-refractivity contribution in [2.45, 2.75) is 30.6 Å². The summed E-state index contributed by atoms with van der Waals surface area (Å²) < 4.78 is 10.6. The number of carbonyl (C=O) groups is 1. The number of ether oxygens (including phenoxy) is 2. The van der Waals surface area contributed by atoms with E-state index in [4.69, 9.17) is 38.4 Å². The van der Waals surface area contributed by atoms with Crippen molar-refractivity contribution in [3.63, 3.8) is 0 Å². The average molecular weight is 391 g/mol. The van der Waals surface area contributed by atoms with Crippen LogP contribution < -0.4 is 11.1 Å². The van der Waals surface area contributed by atoms with Crippen molar-refractivity contribution in [3.05, 3.63) is 39.9 Å². The standard InChI is InChI=1S/C16H20Cl2N2O5/c1-24-16-13(15(23)14(22)11(7-19)25-16)20-12(21)5-3-8-2-4-9(17)10(18)6-8/h2-6,11,13-16,22-23H,7,19H2,1H3,(H,20,21)/b5-3+/t11-,13-,14-,15-,16+/m1/s1. The third-order valence-electron chi connectivity index (χ3n) is 3.85. The zero-order valence-electron chi connectivity index (χ0n) is 13.4. The molecule has 1 amide bonds. The van der Waals surface area contributed by atoms with Gasteiger partial charge in [0.25, 0.3) is 0 Å². The van der Waals surface area contributed by atoms with Gasteiger partial charge < -0.3 is 30.7 Å². The Hall–Kier alpha value is -1.19. The van der Waals surface area contributed by atoms with Crippen LogP contribution in [0.1, 0.15) is 5.56 Å². The van der Waals surface area contributed by atoms with Crippen LogP contribution in [0.2, 0.25) is 10.0 Å². The van der Waals surface area contributed by atoms with Gasteiger partial charge in [-0.3, -0.25) is 4.79 Å². The molecule has 1 heterocycles. The summed E-state index contributed by atoms with van der Waals surface area (Å²) in [6.07, 6.45) is -1.43. The molecule has 0 bridgehead atoms. The predicted molar refractivity (Wildman–Crippen MR) is 94.2 cm³/mol. The lowest BCUT2D eigenvalue weighted by atomic mass is 9.96. The molecule has 25 heavy (non-hydrogen) atoms. The zero-order chi connectivity index (χ0) is 18.6. The Balaban J connectivity index is 2.04. The van der Waals surface area contributed by atoms with Gasteiger partial charge in [0.1, 0.15) is 24.4 Å². The summed E-state index contributed by atoms with van der Waals surface area (Å²) >= 11 is 11.7. The van der Waals surface area contributed by atoms with Crippen LogP contribution >= 0.6 is 23.2 Å². The Morgan fingerprint density at radius 2 is 2.08 bits per heavy atom. The van der Waals surface area contributed by atoms with Crippen molar-refractivity contribution in [3.8, 4) is 0 Å². The molecule has 138 valence electrons. The molecular weight excluding hydrogens is 371 g/mol. The third-order valence-corrected chi connectivity index (χ3v) is 4.58. The van der Waals surface area contributed by atoms with Crippen LogP contribution in [0.15, 0.2) is 24.3 Å². The lowest BCUT2D eigenvalue weighted by Crippen LogP contribution is -2.65. The first-order valence-corrected chi connectivity index (χ1v) is 8.31. The molecule has 7 nitrogen and oxygen atoms in total. The molecule has 2 rings (SSSR count). The summed E-state index contributed by atoms with van der Waals surface area (Å²) in [5, 5.41) is 23.5. The fourth-order valence-electron chi connectivity index (χ4n) is 2.48. The topological polar surface area (TPSA) is 114 Å². The van der Waals surface area contributed by atoms with Crippen LogP contribution in [0.3, 0.4) is 0 Å². The lowest BCUT2D eigenvalue weighted by molar-refractivity contribution is -0.253. The van der Waals surface area contributed by atoms with Crippen LogP contribution in [-0.4, -0.2) is 60.4 Å². The number of nitrogens with one attached hydrogen (secondary N) is 1. The minimum absolute atomic E-state index is 0.00990. The summed E-state index contributed by atoms with van der Waals surface area (Å²) in [7, 11) is 1.37. The third kappa shape index (κ3) is 4.92. The first-order chi connectivity index (χ1) is 11.9. The second kappa shape index (κ2) is 8.95. The molecule has 0 aromatic heterocycles. The van der Waals surface area contributed by atoms with Crippen LogP contribution in [0.25, 0.3) is 6.08 Å². The van der Waals surface area contributed by atoms with Crippen molar-refractivity contribution in [1.82, 2.24) is 5.32 Å². The second-order valence-electron chi connectivity index (χ2n) is 5.54. The molecule has 0 unspecified atom stereocenters. The van der Waals surface area contributed by atoms with E-state index in [2.05, 4.69) is 5.32 Å². The fourth-order valence-corrected chi connectivity index (χ4v) is 2.79. The maximum Gasteiger partial charge on any atom is 0.244 e. The van der Waals surface area contributed by atoms with Gasteiger partial charge >= 0.3 is 0 Å². The second-order valence-corrected chi connectivity index (χ2v) is 6.35. The van der Waals surface area contributed by atoms with Crippen molar-refractivity contribution in [2.24, 2.45) is 5.73 Å². The lowest BCUT2D eigenvalue weighted by Gasteiger charge is -2.41. The number of aliphatic hydroxyl groups excluding tert-OH is 2. The van der Waals surface area contributed by atoms with Crippen LogP contribution in [-0.2, 0) is 14.3 Å². The first-order valence-electron chi connectivity index (χ1n) is 7.55. The molecule has 1 aromatic carbocycles. The van der Waals surface area contributed by atoms with Crippen molar-refractivity contribution < 1.29 is 24.5 Å². The van der Waals surface area contributed by atoms with E-state index in [1.165, 1.54) is 19.3 Å². The Morgan fingerprint density at radius 3 is 2.68 bits per heavy atom. The number of rotatable bonds is 5. The summed E-state index contributed by atoms with van der Waals surface area (Å²) in [6, 6.07) is 3.97. The van der Waals surface area contributed by atoms with Gasteiger partial charge in [-0.25, -0.2) is 0 Å². The quantitative estimate of drug-likeness (QED) is 0.545.